The van der Waals surface area contributed by atoms with Gasteiger partial charge >= 0.3 is 0 Å². The minimum atomic E-state index is 0.141. The Kier molecular flexibility index (Phi) is 3.85. The number of rotatable bonds is 4. The highest BCUT2D eigenvalue weighted by atomic mass is 16.5. The first-order valence-electron chi connectivity index (χ1n) is 6.24. The predicted molar refractivity (Wildman–Crippen MR) is 71.7 cm³/mol. The molecule has 0 unspecified atom stereocenters. The topological polar surface area (TPSA) is 74.2 Å². The molecule has 19 heavy (non-hydrogen) atoms. The lowest BCUT2D eigenvalue weighted by Gasteiger charge is -2.19. The maximum absolute atomic E-state index is 5.59. The highest BCUT2D eigenvalue weighted by Gasteiger charge is 2.13. The van der Waals surface area contributed by atoms with E-state index in [9.17, 15) is 0 Å². The summed E-state index contributed by atoms with van der Waals surface area (Å²) in [5.74, 6) is 1.70. The van der Waals surface area contributed by atoms with E-state index in [4.69, 9.17) is 15.0 Å². The van der Waals surface area contributed by atoms with E-state index in [0.717, 1.165) is 5.75 Å². The second-order valence-corrected chi connectivity index (χ2v) is 5.37. The number of hydrogen-bond donors (Lipinski definition) is 1. The quantitative estimate of drug-likeness (QED) is 0.914. The maximum Gasteiger partial charge on any atom is 0.240 e. The predicted octanol–water partition coefficient (Wildman–Crippen LogP) is 2.40. The van der Waals surface area contributed by atoms with Gasteiger partial charge < -0.3 is 15.0 Å². The number of nitrogens with zero attached hydrogens (tertiary/aromatic N) is 2. The SMILES string of the molecule is CC(C)(C)c1ccc(OCc2noc(CN)n2)cc1. The summed E-state index contributed by atoms with van der Waals surface area (Å²) in [7, 11) is 0. The van der Waals surface area contributed by atoms with Crippen molar-refractivity contribution in [3.8, 4) is 5.75 Å². The average Bonchev–Trinajstić information content (AvgIpc) is 2.84. The standard InChI is InChI=1S/C14H19N3O2/c1-14(2,3)10-4-6-11(7-5-10)18-9-12-16-13(8-15)19-17-12/h4-7H,8-9,15H2,1-3H3. The molecule has 0 radical (unpaired) electrons. The molecule has 0 aliphatic rings. The molecule has 1 aromatic carbocycles. The summed E-state index contributed by atoms with van der Waals surface area (Å²) >= 11 is 0. The lowest BCUT2D eigenvalue weighted by Crippen LogP contribution is -2.10. The van der Waals surface area contributed by atoms with Crippen LogP contribution in [0.15, 0.2) is 28.8 Å². The molecule has 0 atom stereocenters. The van der Waals surface area contributed by atoms with E-state index in [1.165, 1.54) is 5.56 Å². The molecule has 102 valence electrons. The minimum absolute atomic E-state index is 0.141. The zero-order valence-corrected chi connectivity index (χ0v) is 11.5. The Balaban J connectivity index is 1.96. The van der Waals surface area contributed by atoms with E-state index in [1.807, 2.05) is 12.1 Å². The fourth-order valence-corrected chi connectivity index (χ4v) is 1.63. The molecule has 0 amide bonds. The molecule has 2 N–H and O–H groups in total. The number of nitrogens with two attached hydrogens (primary N) is 1. The van der Waals surface area contributed by atoms with Crippen LogP contribution in [0.5, 0.6) is 5.75 Å². The van der Waals surface area contributed by atoms with Crippen LogP contribution in [-0.4, -0.2) is 10.1 Å². The van der Waals surface area contributed by atoms with E-state index in [-0.39, 0.29) is 18.6 Å². The first-order chi connectivity index (χ1) is 8.99. The molecule has 0 aliphatic carbocycles. The summed E-state index contributed by atoms with van der Waals surface area (Å²) in [5.41, 5.74) is 6.80. The van der Waals surface area contributed by atoms with Crippen molar-refractivity contribution in [2.75, 3.05) is 0 Å². The van der Waals surface area contributed by atoms with Gasteiger partial charge in [-0.3, -0.25) is 0 Å². The zero-order valence-electron chi connectivity index (χ0n) is 11.5. The van der Waals surface area contributed by atoms with Crippen molar-refractivity contribution in [2.45, 2.75) is 39.3 Å². The Morgan fingerprint density at radius 2 is 1.89 bits per heavy atom. The molecule has 0 fully saturated rings. The second kappa shape index (κ2) is 5.40. The van der Waals surface area contributed by atoms with Gasteiger partial charge in [-0.1, -0.05) is 38.1 Å². The smallest absolute Gasteiger partial charge is 0.240 e. The summed E-state index contributed by atoms with van der Waals surface area (Å²) in [6.45, 7) is 7.05. The number of benzene rings is 1. The third-order valence-corrected chi connectivity index (χ3v) is 2.77. The summed E-state index contributed by atoms with van der Waals surface area (Å²) < 4.78 is 10.5. The van der Waals surface area contributed by atoms with Gasteiger partial charge in [0.25, 0.3) is 0 Å². The van der Waals surface area contributed by atoms with Gasteiger partial charge in [0.15, 0.2) is 6.61 Å². The number of aromatic nitrogens is 2. The van der Waals surface area contributed by atoms with E-state index < -0.39 is 0 Å². The molecule has 0 aliphatic heterocycles. The van der Waals surface area contributed by atoms with Crippen LogP contribution in [0.1, 0.15) is 38.0 Å². The molecule has 5 heteroatoms. The monoisotopic (exact) mass is 261 g/mol. The largest absolute Gasteiger partial charge is 0.485 e. The third-order valence-electron chi connectivity index (χ3n) is 2.77. The van der Waals surface area contributed by atoms with Crippen LogP contribution in [-0.2, 0) is 18.6 Å². The summed E-state index contributed by atoms with van der Waals surface area (Å²) in [6, 6.07) is 8.03. The highest BCUT2D eigenvalue weighted by molar-refractivity contribution is 5.31. The van der Waals surface area contributed by atoms with Gasteiger partial charge in [0, 0.05) is 0 Å². The van der Waals surface area contributed by atoms with Gasteiger partial charge in [0.2, 0.25) is 11.7 Å². The van der Waals surface area contributed by atoms with Crippen molar-refractivity contribution >= 4 is 0 Å². The molecule has 5 nitrogen and oxygen atoms in total. The van der Waals surface area contributed by atoms with E-state index >= 15 is 0 Å². The van der Waals surface area contributed by atoms with Crippen molar-refractivity contribution in [3.63, 3.8) is 0 Å². The molecule has 1 heterocycles. The summed E-state index contributed by atoms with van der Waals surface area (Å²) in [5, 5.41) is 3.77. The highest BCUT2D eigenvalue weighted by Crippen LogP contribution is 2.24. The van der Waals surface area contributed by atoms with Gasteiger partial charge in [0.05, 0.1) is 6.54 Å². The van der Waals surface area contributed by atoms with E-state index in [0.29, 0.717) is 11.7 Å². The van der Waals surface area contributed by atoms with Crippen LogP contribution in [0.2, 0.25) is 0 Å². The molecule has 0 spiro atoms. The Bertz CT molecular complexity index is 526. The Labute approximate surface area is 112 Å². The molecule has 1 aromatic heterocycles. The lowest BCUT2D eigenvalue weighted by molar-refractivity contribution is 0.285. The van der Waals surface area contributed by atoms with Crippen LogP contribution in [0, 0.1) is 0 Å². The van der Waals surface area contributed by atoms with Crippen molar-refractivity contribution in [3.05, 3.63) is 41.5 Å². The Hall–Kier alpha value is -1.88. The third kappa shape index (κ3) is 3.54. The first-order valence-corrected chi connectivity index (χ1v) is 6.24. The molecule has 0 saturated carbocycles. The molecule has 2 aromatic rings. The van der Waals surface area contributed by atoms with Gasteiger partial charge in [-0.2, -0.15) is 4.98 Å². The average molecular weight is 261 g/mol. The summed E-state index contributed by atoms with van der Waals surface area (Å²) in [6.07, 6.45) is 0. The second-order valence-electron chi connectivity index (χ2n) is 5.37. The maximum atomic E-state index is 5.59. The van der Waals surface area contributed by atoms with Crippen molar-refractivity contribution in [1.82, 2.24) is 10.1 Å². The fourth-order valence-electron chi connectivity index (χ4n) is 1.63. The van der Waals surface area contributed by atoms with Gasteiger partial charge in [0.1, 0.15) is 5.75 Å². The van der Waals surface area contributed by atoms with Crippen molar-refractivity contribution < 1.29 is 9.26 Å². The molecular formula is C14H19N3O2. The van der Waals surface area contributed by atoms with Crippen LogP contribution >= 0.6 is 0 Å². The molecule has 0 saturated heterocycles. The number of ether oxygens (including phenoxy) is 1. The minimum Gasteiger partial charge on any atom is -0.485 e. The molecule has 2 rings (SSSR count). The first kappa shape index (κ1) is 13.5. The van der Waals surface area contributed by atoms with Crippen LogP contribution in [0.4, 0.5) is 0 Å². The molecular weight excluding hydrogens is 242 g/mol. The van der Waals surface area contributed by atoms with Crippen LogP contribution in [0.3, 0.4) is 0 Å². The van der Waals surface area contributed by atoms with E-state index in [1.54, 1.807) is 0 Å². The van der Waals surface area contributed by atoms with Crippen LogP contribution < -0.4 is 10.5 Å². The molecule has 0 bridgehead atoms. The van der Waals surface area contributed by atoms with Crippen molar-refractivity contribution in [2.24, 2.45) is 5.73 Å². The van der Waals surface area contributed by atoms with Gasteiger partial charge in [-0.15, -0.1) is 0 Å². The van der Waals surface area contributed by atoms with Gasteiger partial charge in [-0.25, -0.2) is 0 Å². The number of hydrogen-bond acceptors (Lipinski definition) is 5. The normalized spacial score (nSPS) is 11.6. The zero-order chi connectivity index (χ0) is 13.9. The Morgan fingerprint density at radius 3 is 2.42 bits per heavy atom. The van der Waals surface area contributed by atoms with E-state index in [2.05, 4.69) is 43.0 Å². The lowest BCUT2D eigenvalue weighted by atomic mass is 9.87. The van der Waals surface area contributed by atoms with Crippen molar-refractivity contribution in [1.29, 1.82) is 0 Å². The van der Waals surface area contributed by atoms with Crippen LogP contribution in [0.25, 0.3) is 0 Å². The fraction of sp³-hybridized carbons (Fsp3) is 0.429. The summed E-state index contributed by atoms with van der Waals surface area (Å²) in [4.78, 5) is 4.07. The Morgan fingerprint density at radius 1 is 1.21 bits per heavy atom. The van der Waals surface area contributed by atoms with Gasteiger partial charge in [-0.05, 0) is 23.1 Å².